The first-order valence-electron chi connectivity index (χ1n) is 10.8. The number of nitriles is 1. The molecule has 5 nitrogen and oxygen atoms in total. The van der Waals surface area contributed by atoms with E-state index in [1.54, 1.807) is 0 Å². The normalized spacial score (nSPS) is 56.1. The van der Waals surface area contributed by atoms with Gasteiger partial charge < -0.3 is 9.47 Å². The van der Waals surface area contributed by atoms with Crippen LogP contribution in [0.3, 0.4) is 0 Å². The van der Waals surface area contributed by atoms with Crippen molar-refractivity contribution in [3.63, 3.8) is 0 Å². The van der Waals surface area contributed by atoms with E-state index < -0.39 is 0 Å². The molecular formula is C23H27NO4. The predicted molar refractivity (Wildman–Crippen MR) is 98.8 cm³/mol. The van der Waals surface area contributed by atoms with Gasteiger partial charge in [-0.15, -0.1) is 0 Å². The lowest BCUT2D eigenvalue weighted by atomic mass is 9.44. The van der Waals surface area contributed by atoms with Gasteiger partial charge in [-0.25, -0.2) is 0 Å². The lowest BCUT2D eigenvalue weighted by Crippen LogP contribution is -2.62. The fraction of sp³-hybridized carbons (Fsp3) is 0.783. The molecule has 0 N–H and O–H groups in total. The Labute approximate surface area is 165 Å². The Kier molecular flexibility index (Phi) is 3.01. The summed E-state index contributed by atoms with van der Waals surface area (Å²) >= 11 is 0. The first-order chi connectivity index (χ1) is 13.3. The van der Waals surface area contributed by atoms with Gasteiger partial charge in [0.2, 0.25) is 0 Å². The quantitative estimate of drug-likeness (QED) is 0.474. The average molecular weight is 381 g/mol. The Bertz CT molecular complexity index is 888. The van der Waals surface area contributed by atoms with Gasteiger partial charge >= 0.3 is 5.97 Å². The molecule has 2 heterocycles. The molecule has 0 aromatic rings. The number of hydrogen-bond donors (Lipinski definition) is 0. The van der Waals surface area contributed by atoms with Crippen LogP contribution in [-0.4, -0.2) is 29.1 Å². The molecule has 2 unspecified atom stereocenters. The molecule has 8 atom stereocenters. The van der Waals surface area contributed by atoms with E-state index in [4.69, 9.17) is 9.47 Å². The minimum absolute atomic E-state index is 0.0705. The van der Waals surface area contributed by atoms with Gasteiger partial charge in [-0.1, -0.05) is 19.4 Å². The summed E-state index contributed by atoms with van der Waals surface area (Å²) in [5.74, 6) is 0.480. The molecule has 0 aromatic carbocycles. The summed E-state index contributed by atoms with van der Waals surface area (Å²) in [7, 11) is 0. The molecule has 28 heavy (non-hydrogen) atoms. The van der Waals surface area contributed by atoms with Crippen LogP contribution in [0.1, 0.15) is 65.2 Å². The van der Waals surface area contributed by atoms with Gasteiger partial charge in [0.1, 0.15) is 11.2 Å². The second kappa shape index (κ2) is 4.90. The molecular weight excluding hydrogens is 354 g/mol. The topological polar surface area (TPSA) is 79.7 Å². The SMILES string of the molecule is C[C@]12CCC(=O)C=C1C[C@@H](C#N)C1C3CC[C@@]4(CCC(=O)O4)[C@@]3(C)C[C@@H]3O[C@@]132. The zero-order chi connectivity index (χ0) is 19.5. The maximum Gasteiger partial charge on any atom is 0.306 e. The molecule has 3 saturated carbocycles. The highest BCUT2D eigenvalue weighted by molar-refractivity contribution is 5.92. The monoisotopic (exact) mass is 381 g/mol. The fourth-order valence-corrected chi connectivity index (χ4v) is 8.43. The van der Waals surface area contributed by atoms with Gasteiger partial charge in [0.05, 0.1) is 18.1 Å². The van der Waals surface area contributed by atoms with Crippen LogP contribution >= 0.6 is 0 Å². The summed E-state index contributed by atoms with van der Waals surface area (Å²) < 4.78 is 12.6. The molecule has 5 fully saturated rings. The number of epoxide rings is 1. The van der Waals surface area contributed by atoms with E-state index in [0.29, 0.717) is 25.2 Å². The second-order valence-electron chi connectivity index (χ2n) is 10.6. The summed E-state index contributed by atoms with van der Waals surface area (Å²) in [5, 5.41) is 10.1. The maximum absolute atomic E-state index is 12.1. The Morgan fingerprint density at radius 1 is 1.18 bits per heavy atom. The number of ketones is 1. The highest BCUT2D eigenvalue weighted by Crippen LogP contribution is 2.78. The van der Waals surface area contributed by atoms with Crippen LogP contribution < -0.4 is 0 Å². The van der Waals surface area contributed by atoms with Crippen LogP contribution in [0.5, 0.6) is 0 Å². The van der Waals surface area contributed by atoms with E-state index in [1.165, 1.54) is 0 Å². The molecule has 0 bridgehead atoms. The van der Waals surface area contributed by atoms with Crippen LogP contribution in [0, 0.1) is 39.9 Å². The summed E-state index contributed by atoms with van der Waals surface area (Å²) in [6.45, 7) is 4.57. The Balaban J connectivity index is 1.48. The minimum Gasteiger partial charge on any atom is -0.458 e. The van der Waals surface area contributed by atoms with E-state index in [0.717, 1.165) is 37.7 Å². The smallest absolute Gasteiger partial charge is 0.306 e. The van der Waals surface area contributed by atoms with Crippen molar-refractivity contribution in [2.24, 2.45) is 28.6 Å². The number of carbonyl (C=O) groups is 2. The van der Waals surface area contributed by atoms with Crippen molar-refractivity contribution in [1.29, 1.82) is 5.26 Å². The maximum atomic E-state index is 12.1. The summed E-state index contributed by atoms with van der Waals surface area (Å²) in [4.78, 5) is 24.2. The van der Waals surface area contributed by atoms with Crippen molar-refractivity contribution in [1.82, 2.24) is 0 Å². The van der Waals surface area contributed by atoms with Crippen molar-refractivity contribution in [2.75, 3.05) is 0 Å². The Hall–Kier alpha value is -1.67. The van der Waals surface area contributed by atoms with E-state index >= 15 is 0 Å². The third-order valence-electron chi connectivity index (χ3n) is 9.87. The number of nitrogens with zero attached hydrogens (tertiary/aromatic N) is 1. The van der Waals surface area contributed by atoms with Crippen molar-refractivity contribution in [3.05, 3.63) is 11.6 Å². The molecule has 0 radical (unpaired) electrons. The first kappa shape index (κ1) is 17.2. The highest BCUT2D eigenvalue weighted by Gasteiger charge is 2.83. The number of hydrogen-bond acceptors (Lipinski definition) is 5. The molecule has 5 heteroatoms. The van der Waals surface area contributed by atoms with Crippen molar-refractivity contribution >= 4 is 11.8 Å². The number of fused-ring (bicyclic) bond motifs is 4. The third-order valence-corrected chi connectivity index (χ3v) is 9.87. The molecule has 148 valence electrons. The zero-order valence-electron chi connectivity index (χ0n) is 16.6. The lowest BCUT2D eigenvalue weighted by Gasteiger charge is -2.58. The number of rotatable bonds is 0. The van der Waals surface area contributed by atoms with E-state index in [-0.39, 0.29) is 51.7 Å². The van der Waals surface area contributed by atoms with Gasteiger partial charge in [-0.05, 0) is 50.5 Å². The van der Waals surface area contributed by atoms with Crippen LogP contribution in [0.15, 0.2) is 11.6 Å². The van der Waals surface area contributed by atoms with E-state index in [2.05, 4.69) is 19.9 Å². The van der Waals surface area contributed by atoms with E-state index in [1.807, 2.05) is 6.08 Å². The largest absolute Gasteiger partial charge is 0.458 e. The molecule has 0 aromatic heterocycles. The molecule has 2 saturated heterocycles. The van der Waals surface area contributed by atoms with Gasteiger partial charge in [0.15, 0.2) is 5.78 Å². The molecule has 6 aliphatic rings. The third kappa shape index (κ3) is 1.66. The van der Waals surface area contributed by atoms with Crippen molar-refractivity contribution in [3.8, 4) is 6.07 Å². The second-order valence-corrected chi connectivity index (χ2v) is 10.6. The molecule has 2 aliphatic heterocycles. The number of carbonyl (C=O) groups excluding carboxylic acids is 2. The van der Waals surface area contributed by atoms with Crippen molar-refractivity contribution < 1.29 is 19.1 Å². The fourth-order valence-electron chi connectivity index (χ4n) is 8.43. The average Bonchev–Trinajstić information content (AvgIpc) is 3.14. The zero-order valence-corrected chi connectivity index (χ0v) is 16.6. The molecule has 4 aliphatic carbocycles. The highest BCUT2D eigenvalue weighted by atomic mass is 16.6. The van der Waals surface area contributed by atoms with Crippen molar-refractivity contribution in [2.45, 2.75) is 82.5 Å². The van der Waals surface area contributed by atoms with Crippen LogP contribution in [0.25, 0.3) is 0 Å². The summed E-state index contributed by atoms with van der Waals surface area (Å²) in [6, 6.07) is 2.60. The van der Waals surface area contributed by atoms with Crippen LogP contribution in [-0.2, 0) is 19.1 Å². The van der Waals surface area contributed by atoms with E-state index in [9.17, 15) is 14.9 Å². The van der Waals surface area contributed by atoms with Crippen LogP contribution in [0.2, 0.25) is 0 Å². The first-order valence-corrected chi connectivity index (χ1v) is 10.8. The van der Waals surface area contributed by atoms with Gasteiger partial charge in [0.25, 0.3) is 0 Å². The summed E-state index contributed by atoms with van der Waals surface area (Å²) in [6.07, 6.45) is 8.13. The standard InChI is InChI=1S/C23H27NO4/c1-20-6-3-15(25)10-14(20)9-13(12-24)19-16-4-7-22(8-5-18(26)28-22)21(16,2)11-17-23(19,20)27-17/h10,13,16-17,19H,3-9,11H2,1-2H3/t13-,16?,17-,19?,20-,21-,22+,23+/m0/s1. The van der Waals surface area contributed by atoms with Gasteiger partial charge in [0, 0.05) is 29.6 Å². The van der Waals surface area contributed by atoms with Gasteiger partial charge in [-0.2, -0.15) is 5.26 Å². The molecule has 6 rings (SSSR count). The predicted octanol–water partition coefficient (Wildman–Crippen LogP) is 3.48. The Morgan fingerprint density at radius 2 is 2.00 bits per heavy atom. The molecule has 2 spiro atoms. The molecule has 0 amide bonds. The summed E-state index contributed by atoms with van der Waals surface area (Å²) in [5.41, 5.74) is 0.194. The number of ether oxygens (including phenoxy) is 2. The Morgan fingerprint density at radius 3 is 2.71 bits per heavy atom. The minimum atomic E-state index is -0.369. The van der Waals surface area contributed by atoms with Gasteiger partial charge in [-0.3, -0.25) is 9.59 Å². The van der Waals surface area contributed by atoms with Crippen LogP contribution in [0.4, 0.5) is 0 Å². The lowest BCUT2D eigenvalue weighted by molar-refractivity contribution is -0.165. The number of esters is 1.